The van der Waals surface area contributed by atoms with E-state index in [1.807, 2.05) is 72.4 Å². The van der Waals surface area contributed by atoms with Crippen molar-refractivity contribution in [3.8, 4) is 16.9 Å². The second kappa shape index (κ2) is 11.1. The van der Waals surface area contributed by atoms with Crippen LogP contribution < -0.4 is 21.3 Å². The van der Waals surface area contributed by atoms with Crippen molar-refractivity contribution in [1.82, 2.24) is 30.6 Å². The number of anilines is 3. The molecule has 5 N–H and O–H groups in total. The van der Waals surface area contributed by atoms with Crippen LogP contribution in [0.4, 0.5) is 17.2 Å². The van der Waals surface area contributed by atoms with E-state index in [0.717, 1.165) is 28.2 Å². The molecule has 2 aromatic carbocycles. The van der Waals surface area contributed by atoms with Crippen molar-refractivity contribution in [1.29, 1.82) is 0 Å². The maximum absolute atomic E-state index is 12.1. The Morgan fingerprint density at radius 3 is 2.60 bits per heavy atom. The standard InChI is InChI=1S/C25H28N8O2/c1-17-14-20(29-25(35)16-26-11-12-27-18(2)34)6-9-22(17)30-24-15-23(31-32-24)19-4-7-21(8-5-19)33-13-3-10-28-33/h3-10,13-15,26H,11-12,16H2,1-2H3,(H,27,34)(H,29,35)(H2,30,31,32). The van der Waals surface area contributed by atoms with E-state index in [2.05, 4.69) is 36.6 Å². The van der Waals surface area contributed by atoms with E-state index in [0.29, 0.717) is 24.6 Å². The summed E-state index contributed by atoms with van der Waals surface area (Å²) in [6.07, 6.45) is 3.65. The number of hydrogen-bond donors (Lipinski definition) is 5. The molecule has 2 heterocycles. The summed E-state index contributed by atoms with van der Waals surface area (Å²) < 4.78 is 1.81. The van der Waals surface area contributed by atoms with Gasteiger partial charge in [-0.15, -0.1) is 0 Å². The van der Waals surface area contributed by atoms with E-state index in [1.54, 1.807) is 6.20 Å². The molecule has 0 aliphatic carbocycles. The fraction of sp³-hybridized carbons (Fsp3) is 0.200. The number of benzene rings is 2. The summed E-state index contributed by atoms with van der Waals surface area (Å²) in [5, 5.41) is 23.5. The van der Waals surface area contributed by atoms with E-state index in [1.165, 1.54) is 6.92 Å². The van der Waals surface area contributed by atoms with Crippen molar-refractivity contribution in [2.24, 2.45) is 0 Å². The molecule has 0 unspecified atom stereocenters. The fourth-order valence-electron chi connectivity index (χ4n) is 3.50. The highest BCUT2D eigenvalue weighted by Crippen LogP contribution is 2.26. The quantitative estimate of drug-likeness (QED) is 0.226. The van der Waals surface area contributed by atoms with Crippen molar-refractivity contribution >= 4 is 29.0 Å². The molecule has 0 saturated heterocycles. The summed E-state index contributed by atoms with van der Waals surface area (Å²) >= 11 is 0. The number of aromatic amines is 1. The van der Waals surface area contributed by atoms with Gasteiger partial charge in [-0.25, -0.2) is 4.68 Å². The Labute approximate surface area is 203 Å². The van der Waals surface area contributed by atoms with Gasteiger partial charge in [0.25, 0.3) is 0 Å². The van der Waals surface area contributed by atoms with Crippen LogP contribution in [-0.4, -0.2) is 51.4 Å². The smallest absolute Gasteiger partial charge is 0.238 e. The molecule has 2 amide bonds. The molecule has 180 valence electrons. The predicted molar refractivity (Wildman–Crippen MR) is 136 cm³/mol. The minimum Gasteiger partial charge on any atom is -0.355 e. The highest BCUT2D eigenvalue weighted by atomic mass is 16.2. The van der Waals surface area contributed by atoms with Crippen molar-refractivity contribution in [3.05, 3.63) is 72.6 Å². The van der Waals surface area contributed by atoms with E-state index < -0.39 is 0 Å². The van der Waals surface area contributed by atoms with Crippen LogP contribution in [0.3, 0.4) is 0 Å². The Kier molecular flexibility index (Phi) is 7.53. The zero-order chi connectivity index (χ0) is 24.6. The number of aryl methyl sites for hydroxylation is 1. The van der Waals surface area contributed by atoms with Crippen molar-refractivity contribution in [3.63, 3.8) is 0 Å². The predicted octanol–water partition coefficient (Wildman–Crippen LogP) is 2.98. The second-order valence-corrected chi connectivity index (χ2v) is 8.03. The molecule has 0 aliphatic heterocycles. The lowest BCUT2D eigenvalue weighted by atomic mass is 10.1. The molecular weight excluding hydrogens is 444 g/mol. The number of amides is 2. The Hall–Kier alpha value is -4.44. The number of nitrogens with one attached hydrogen (secondary N) is 5. The van der Waals surface area contributed by atoms with Crippen LogP contribution in [0, 0.1) is 6.92 Å². The fourth-order valence-corrected chi connectivity index (χ4v) is 3.50. The Morgan fingerprint density at radius 1 is 1.06 bits per heavy atom. The molecule has 4 aromatic rings. The van der Waals surface area contributed by atoms with E-state index >= 15 is 0 Å². The summed E-state index contributed by atoms with van der Waals surface area (Å²) in [5.74, 6) is 0.453. The third-order valence-electron chi connectivity index (χ3n) is 5.26. The van der Waals surface area contributed by atoms with Crippen molar-refractivity contribution < 1.29 is 9.59 Å². The van der Waals surface area contributed by atoms with Gasteiger partial charge in [0.15, 0.2) is 5.82 Å². The maximum atomic E-state index is 12.1. The first-order chi connectivity index (χ1) is 17.0. The van der Waals surface area contributed by atoms with Gasteiger partial charge in [-0.3, -0.25) is 14.7 Å². The molecule has 10 heteroatoms. The van der Waals surface area contributed by atoms with E-state index in [4.69, 9.17) is 0 Å². The van der Waals surface area contributed by atoms with Crippen LogP contribution in [-0.2, 0) is 9.59 Å². The van der Waals surface area contributed by atoms with Gasteiger partial charge in [-0.2, -0.15) is 10.2 Å². The van der Waals surface area contributed by atoms with E-state index in [9.17, 15) is 9.59 Å². The van der Waals surface area contributed by atoms with Crippen LogP contribution >= 0.6 is 0 Å². The lowest BCUT2D eigenvalue weighted by Gasteiger charge is -2.11. The zero-order valence-electron chi connectivity index (χ0n) is 19.6. The Bertz CT molecular complexity index is 1280. The molecule has 4 rings (SSSR count). The van der Waals surface area contributed by atoms with E-state index in [-0.39, 0.29) is 18.4 Å². The summed E-state index contributed by atoms with van der Waals surface area (Å²) in [4.78, 5) is 23.0. The zero-order valence-corrected chi connectivity index (χ0v) is 19.6. The number of carbonyl (C=O) groups is 2. The highest BCUT2D eigenvalue weighted by Gasteiger charge is 2.08. The normalized spacial score (nSPS) is 10.7. The number of aromatic nitrogens is 4. The third kappa shape index (κ3) is 6.55. The van der Waals surface area contributed by atoms with Gasteiger partial charge >= 0.3 is 0 Å². The van der Waals surface area contributed by atoms with Gasteiger partial charge in [-0.05, 0) is 54.4 Å². The largest absolute Gasteiger partial charge is 0.355 e. The molecule has 0 radical (unpaired) electrons. The first-order valence-electron chi connectivity index (χ1n) is 11.3. The monoisotopic (exact) mass is 472 g/mol. The summed E-state index contributed by atoms with van der Waals surface area (Å²) in [5.41, 5.74) is 5.47. The molecule has 35 heavy (non-hydrogen) atoms. The molecule has 10 nitrogen and oxygen atoms in total. The highest BCUT2D eigenvalue weighted by molar-refractivity contribution is 5.92. The lowest BCUT2D eigenvalue weighted by Crippen LogP contribution is -2.34. The molecule has 0 aliphatic rings. The second-order valence-electron chi connectivity index (χ2n) is 8.03. The topological polar surface area (TPSA) is 129 Å². The summed E-state index contributed by atoms with van der Waals surface area (Å²) in [6, 6.07) is 17.5. The van der Waals surface area contributed by atoms with Gasteiger partial charge in [-0.1, -0.05) is 12.1 Å². The molecular formula is C25H28N8O2. The maximum Gasteiger partial charge on any atom is 0.238 e. The first kappa shape index (κ1) is 23.7. The van der Waals surface area contributed by atoms with Gasteiger partial charge in [0.1, 0.15) is 0 Å². The SMILES string of the molecule is CC(=O)NCCNCC(=O)Nc1ccc(Nc2cc(-c3ccc(-n4cccn4)cc3)[nH]n2)c(C)c1. The van der Waals surface area contributed by atoms with Gasteiger partial charge in [0, 0.05) is 49.8 Å². The average molecular weight is 473 g/mol. The number of rotatable bonds is 10. The van der Waals surface area contributed by atoms with Gasteiger partial charge < -0.3 is 21.3 Å². The molecule has 0 fully saturated rings. The number of hydrogen-bond acceptors (Lipinski definition) is 6. The van der Waals surface area contributed by atoms with Crippen LogP contribution in [0.5, 0.6) is 0 Å². The minimum atomic E-state index is -0.150. The molecule has 0 saturated carbocycles. The number of nitrogens with zero attached hydrogens (tertiary/aromatic N) is 3. The Morgan fingerprint density at radius 2 is 1.89 bits per heavy atom. The Balaban J connectivity index is 1.31. The number of H-pyrrole nitrogens is 1. The van der Waals surface area contributed by atoms with Crippen LogP contribution in [0.15, 0.2) is 67.0 Å². The van der Waals surface area contributed by atoms with Crippen LogP contribution in [0.25, 0.3) is 16.9 Å². The summed E-state index contributed by atoms with van der Waals surface area (Å²) in [7, 11) is 0. The lowest BCUT2D eigenvalue weighted by molar-refractivity contribution is -0.118. The van der Waals surface area contributed by atoms with Crippen LogP contribution in [0.1, 0.15) is 12.5 Å². The summed E-state index contributed by atoms with van der Waals surface area (Å²) in [6.45, 7) is 4.59. The van der Waals surface area contributed by atoms with Gasteiger partial charge in [0.05, 0.1) is 17.9 Å². The third-order valence-corrected chi connectivity index (χ3v) is 5.26. The number of carbonyl (C=O) groups excluding carboxylic acids is 2. The molecule has 0 atom stereocenters. The van der Waals surface area contributed by atoms with Crippen LogP contribution in [0.2, 0.25) is 0 Å². The van der Waals surface area contributed by atoms with Crippen molar-refractivity contribution in [2.45, 2.75) is 13.8 Å². The first-order valence-corrected chi connectivity index (χ1v) is 11.3. The molecule has 0 spiro atoms. The van der Waals surface area contributed by atoms with Crippen molar-refractivity contribution in [2.75, 3.05) is 30.3 Å². The minimum absolute atomic E-state index is 0.0911. The molecule has 2 aromatic heterocycles. The molecule has 0 bridgehead atoms. The van der Waals surface area contributed by atoms with Gasteiger partial charge in [0.2, 0.25) is 11.8 Å². The average Bonchev–Trinajstić information content (AvgIpc) is 3.53.